The van der Waals surface area contributed by atoms with Crippen molar-refractivity contribution >= 4 is 28.9 Å². The van der Waals surface area contributed by atoms with Crippen LogP contribution in [0.4, 0.5) is 0 Å². The molecule has 4 nitrogen and oxygen atoms in total. The Morgan fingerprint density at radius 3 is 2.56 bits per heavy atom. The zero-order valence-electron chi connectivity index (χ0n) is 16.2. The van der Waals surface area contributed by atoms with Gasteiger partial charge in [0.2, 0.25) is 0 Å². The Kier molecular flexibility index (Phi) is 8.65. The molecule has 1 N–H and O–H groups in total. The lowest BCUT2D eigenvalue weighted by atomic mass is 9.96. The molecule has 1 heterocycles. The van der Waals surface area contributed by atoms with Crippen LogP contribution >= 0.6 is 23.8 Å². The lowest BCUT2D eigenvalue weighted by Gasteiger charge is -2.32. The second kappa shape index (κ2) is 11.2. The topological polar surface area (TPSA) is 27.7 Å². The first-order valence-corrected chi connectivity index (χ1v) is 11.1. The van der Waals surface area contributed by atoms with Gasteiger partial charge in [0.25, 0.3) is 0 Å². The SMILES string of the molecule is S=C(NC1CCCCC1)N(CCCN1CCOCC1)Cc1ccc(Cl)cc1. The van der Waals surface area contributed by atoms with Gasteiger partial charge in [-0.15, -0.1) is 0 Å². The average Bonchev–Trinajstić information content (AvgIpc) is 2.70. The Hall–Kier alpha value is -0.880. The van der Waals surface area contributed by atoms with Gasteiger partial charge in [-0.3, -0.25) is 4.90 Å². The van der Waals surface area contributed by atoms with Gasteiger partial charge in [-0.2, -0.15) is 0 Å². The summed E-state index contributed by atoms with van der Waals surface area (Å²) in [6.45, 7) is 6.71. The van der Waals surface area contributed by atoms with E-state index in [2.05, 4.69) is 27.2 Å². The molecule has 2 aliphatic rings. The summed E-state index contributed by atoms with van der Waals surface area (Å²) in [6.07, 6.45) is 7.58. The number of nitrogens with one attached hydrogen (secondary N) is 1. The van der Waals surface area contributed by atoms with Crippen LogP contribution < -0.4 is 5.32 Å². The third-order valence-electron chi connectivity index (χ3n) is 5.51. The molecule has 1 saturated heterocycles. The molecule has 1 saturated carbocycles. The summed E-state index contributed by atoms with van der Waals surface area (Å²) in [5.74, 6) is 0. The minimum absolute atomic E-state index is 0.540. The zero-order valence-corrected chi connectivity index (χ0v) is 17.7. The number of benzene rings is 1. The molecule has 0 aromatic heterocycles. The van der Waals surface area contributed by atoms with Crippen molar-refractivity contribution in [1.29, 1.82) is 0 Å². The molecule has 1 aliphatic heterocycles. The van der Waals surface area contributed by atoms with E-state index in [9.17, 15) is 0 Å². The molecule has 150 valence electrons. The number of hydrogen-bond acceptors (Lipinski definition) is 3. The fourth-order valence-electron chi connectivity index (χ4n) is 3.89. The van der Waals surface area contributed by atoms with Crippen LogP contribution in [0.15, 0.2) is 24.3 Å². The van der Waals surface area contributed by atoms with E-state index in [1.165, 1.54) is 37.7 Å². The van der Waals surface area contributed by atoms with Crippen molar-refractivity contribution < 1.29 is 4.74 Å². The molecular formula is C21H32ClN3OS. The highest BCUT2D eigenvalue weighted by molar-refractivity contribution is 7.80. The molecule has 0 unspecified atom stereocenters. The number of nitrogens with zero attached hydrogens (tertiary/aromatic N) is 2. The monoisotopic (exact) mass is 409 g/mol. The van der Waals surface area contributed by atoms with E-state index in [0.29, 0.717) is 6.04 Å². The Balaban J connectivity index is 1.54. The molecule has 0 amide bonds. The van der Waals surface area contributed by atoms with E-state index in [1.54, 1.807) is 0 Å². The van der Waals surface area contributed by atoms with E-state index >= 15 is 0 Å². The van der Waals surface area contributed by atoms with Crippen molar-refractivity contribution in [3.05, 3.63) is 34.9 Å². The first-order chi connectivity index (χ1) is 13.2. The number of rotatable bonds is 7. The van der Waals surface area contributed by atoms with Gasteiger partial charge in [-0.05, 0) is 49.2 Å². The lowest BCUT2D eigenvalue weighted by Crippen LogP contribution is -2.46. The first-order valence-electron chi connectivity index (χ1n) is 10.3. The number of thiocarbonyl (C=S) groups is 1. The van der Waals surface area contributed by atoms with E-state index in [4.69, 9.17) is 28.6 Å². The van der Waals surface area contributed by atoms with Gasteiger partial charge in [-0.25, -0.2) is 0 Å². The molecule has 1 aromatic carbocycles. The predicted molar refractivity (Wildman–Crippen MR) is 116 cm³/mol. The Bertz CT molecular complexity index is 571. The van der Waals surface area contributed by atoms with Crippen molar-refractivity contribution in [2.45, 2.75) is 51.1 Å². The summed E-state index contributed by atoms with van der Waals surface area (Å²) in [4.78, 5) is 4.81. The summed E-state index contributed by atoms with van der Waals surface area (Å²) in [7, 11) is 0. The van der Waals surface area contributed by atoms with Crippen molar-refractivity contribution in [2.24, 2.45) is 0 Å². The molecule has 27 heavy (non-hydrogen) atoms. The molecule has 3 rings (SSSR count). The van der Waals surface area contributed by atoms with Crippen LogP contribution in [0.3, 0.4) is 0 Å². The second-order valence-corrected chi connectivity index (χ2v) is 8.46. The molecule has 1 aliphatic carbocycles. The highest BCUT2D eigenvalue weighted by atomic mass is 35.5. The van der Waals surface area contributed by atoms with Crippen LogP contribution in [-0.2, 0) is 11.3 Å². The van der Waals surface area contributed by atoms with Crippen molar-refractivity contribution in [3.8, 4) is 0 Å². The van der Waals surface area contributed by atoms with Gasteiger partial charge in [0.1, 0.15) is 0 Å². The van der Waals surface area contributed by atoms with Crippen LogP contribution in [0.5, 0.6) is 0 Å². The van der Waals surface area contributed by atoms with Crippen LogP contribution in [0.25, 0.3) is 0 Å². The molecule has 0 bridgehead atoms. The quantitative estimate of drug-likeness (QED) is 0.685. The van der Waals surface area contributed by atoms with E-state index in [1.807, 2.05) is 12.1 Å². The van der Waals surface area contributed by atoms with E-state index in [-0.39, 0.29) is 0 Å². The van der Waals surface area contributed by atoms with Crippen LogP contribution in [0, 0.1) is 0 Å². The summed E-state index contributed by atoms with van der Waals surface area (Å²) >= 11 is 11.8. The maximum Gasteiger partial charge on any atom is 0.169 e. The van der Waals surface area contributed by atoms with Crippen LogP contribution in [0.2, 0.25) is 5.02 Å². The highest BCUT2D eigenvalue weighted by Crippen LogP contribution is 2.18. The third kappa shape index (κ3) is 7.22. The lowest BCUT2D eigenvalue weighted by molar-refractivity contribution is 0.0367. The molecule has 6 heteroatoms. The number of hydrogen-bond donors (Lipinski definition) is 1. The van der Waals surface area contributed by atoms with Gasteiger partial charge in [0, 0.05) is 43.8 Å². The fourth-order valence-corrected chi connectivity index (χ4v) is 4.33. The molecule has 0 atom stereocenters. The van der Waals surface area contributed by atoms with Gasteiger partial charge in [-0.1, -0.05) is 43.0 Å². The number of ether oxygens (including phenoxy) is 1. The maximum absolute atomic E-state index is 6.04. The summed E-state index contributed by atoms with van der Waals surface area (Å²) < 4.78 is 5.44. The van der Waals surface area contributed by atoms with Crippen LogP contribution in [0.1, 0.15) is 44.1 Å². The normalized spacial score (nSPS) is 19.0. The first kappa shape index (κ1) is 20.8. The van der Waals surface area contributed by atoms with Gasteiger partial charge >= 0.3 is 0 Å². The van der Waals surface area contributed by atoms with E-state index < -0.39 is 0 Å². The van der Waals surface area contributed by atoms with Crippen molar-refractivity contribution in [3.63, 3.8) is 0 Å². The Labute approximate surface area is 174 Å². The summed E-state index contributed by atoms with van der Waals surface area (Å²) in [5.41, 5.74) is 1.25. The molecular weight excluding hydrogens is 378 g/mol. The van der Waals surface area contributed by atoms with Crippen molar-refractivity contribution in [2.75, 3.05) is 39.4 Å². The Morgan fingerprint density at radius 1 is 1.15 bits per heavy atom. The zero-order chi connectivity index (χ0) is 18.9. The predicted octanol–water partition coefficient (Wildman–Crippen LogP) is 4.07. The van der Waals surface area contributed by atoms with Crippen molar-refractivity contribution in [1.82, 2.24) is 15.1 Å². The van der Waals surface area contributed by atoms with Crippen LogP contribution in [-0.4, -0.2) is 60.3 Å². The smallest absolute Gasteiger partial charge is 0.169 e. The largest absolute Gasteiger partial charge is 0.379 e. The van der Waals surface area contributed by atoms with Gasteiger partial charge in [0.05, 0.1) is 13.2 Å². The van der Waals surface area contributed by atoms with E-state index in [0.717, 1.165) is 62.5 Å². The maximum atomic E-state index is 6.04. The number of morpholine rings is 1. The second-order valence-electron chi connectivity index (χ2n) is 7.64. The average molecular weight is 410 g/mol. The minimum Gasteiger partial charge on any atom is -0.379 e. The highest BCUT2D eigenvalue weighted by Gasteiger charge is 2.18. The van der Waals surface area contributed by atoms with Gasteiger partial charge < -0.3 is 15.0 Å². The fraction of sp³-hybridized carbons (Fsp3) is 0.667. The molecule has 0 spiro atoms. The Morgan fingerprint density at radius 2 is 1.85 bits per heavy atom. The van der Waals surface area contributed by atoms with Gasteiger partial charge in [0.15, 0.2) is 5.11 Å². The number of halogens is 1. The minimum atomic E-state index is 0.540. The third-order valence-corrected chi connectivity index (χ3v) is 6.14. The summed E-state index contributed by atoms with van der Waals surface area (Å²) in [6, 6.07) is 8.65. The molecule has 1 aromatic rings. The standard InChI is InChI=1S/C21H32ClN3OS/c22-19-9-7-18(8-10-19)17-25(12-4-11-24-13-15-26-16-14-24)21(27)23-20-5-2-1-3-6-20/h7-10,20H,1-6,11-17H2,(H,23,27). The summed E-state index contributed by atoms with van der Waals surface area (Å²) in [5, 5.41) is 5.32. The molecule has 0 radical (unpaired) electrons. The molecule has 2 fully saturated rings.